The van der Waals surface area contributed by atoms with E-state index in [9.17, 15) is 9.59 Å². The zero-order valence-corrected chi connectivity index (χ0v) is 19.5. The van der Waals surface area contributed by atoms with Crippen LogP contribution in [0, 0.1) is 0 Å². The summed E-state index contributed by atoms with van der Waals surface area (Å²) in [5.74, 6) is -0.370. The minimum atomic E-state index is -1.09. The second-order valence-corrected chi connectivity index (χ2v) is 7.83. The number of nitrogens with one attached hydrogen (secondary N) is 1. The van der Waals surface area contributed by atoms with E-state index in [1.807, 2.05) is 55.6 Å². The molecule has 0 aliphatic carbocycles. The number of hydrogen-bond acceptors (Lipinski definition) is 5. The Labute approximate surface area is 204 Å². The highest BCUT2D eigenvalue weighted by Gasteiger charge is 2.26. The summed E-state index contributed by atoms with van der Waals surface area (Å²) in [7, 11) is 0. The van der Waals surface area contributed by atoms with Crippen LogP contribution in [0.4, 0.5) is 5.69 Å². The van der Waals surface area contributed by atoms with Gasteiger partial charge in [0.25, 0.3) is 5.91 Å². The first-order chi connectivity index (χ1) is 17.1. The molecule has 4 aromatic rings. The van der Waals surface area contributed by atoms with Crippen LogP contribution in [0.1, 0.15) is 30.6 Å². The number of benzene rings is 3. The van der Waals surface area contributed by atoms with Crippen molar-refractivity contribution in [2.24, 2.45) is 0 Å². The van der Waals surface area contributed by atoms with E-state index >= 15 is 0 Å². The molecule has 0 spiro atoms. The summed E-state index contributed by atoms with van der Waals surface area (Å²) < 4.78 is 13.0. The summed E-state index contributed by atoms with van der Waals surface area (Å²) >= 11 is 0. The van der Waals surface area contributed by atoms with Gasteiger partial charge in [-0.2, -0.15) is 5.10 Å². The lowest BCUT2D eigenvalue weighted by atomic mass is 10.1. The van der Waals surface area contributed by atoms with Crippen LogP contribution in [-0.2, 0) is 20.7 Å². The molecule has 1 aromatic heterocycles. The van der Waals surface area contributed by atoms with Crippen LogP contribution in [0.2, 0.25) is 0 Å². The van der Waals surface area contributed by atoms with Gasteiger partial charge in [0.2, 0.25) is 6.10 Å². The SMILES string of the molecule is CCOc1ccccc1NC(=O)C(OC(=O)CCc1cnn(-c2ccccc2)c1)c1ccccc1. The van der Waals surface area contributed by atoms with Crippen molar-refractivity contribution in [2.75, 3.05) is 11.9 Å². The first kappa shape index (κ1) is 23.8. The molecule has 1 heterocycles. The largest absolute Gasteiger partial charge is 0.492 e. The molecule has 1 N–H and O–H groups in total. The summed E-state index contributed by atoms with van der Waals surface area (Å²) in [4.78, 5) is 25.9. The van der Waals surface area contributed by atoms with Crippen LogP contribution in [0.15, 0.2) is 97.3 Å². The van der Waals surface area contributed by atoms with Crippen molar-refractivity contribution < 1.29 is 19.1 Å². The maximum atomic E-state index is 13.2. The van der Waals surface area contributed by atoms with Crippen LogP contribution in [0.3, 0.4) is 0 Å². The van der Waals surface area contributed by atoms with Gasteiger partial charge >= 0.3 is 5.97 Å². The number of ether oxygens (including phenoxy) is 2. The van der Waals surface area contributed by atoms with Crippen LogP contribution < -0.4 is 10.1 Å². The number of esters is 1. The highest BCUT2D eigenvalue weighted by atomic mass is 16.5. The second-order valence-electron chi connectivity index (χ2n) is 7.83. The summed E-state index contributed by atoms with van der Waals surface area (Å²) in [6.45, 7) is 2.33. The normalized spacial score (nSPS) is 11.5. The number of aryl methyl sites for hydroxylation is 1. The third kappa shape index (κ3) is 6.35. The molecule has 178 valence electrons. The average Bonchev–Trinajstić information content (AvgIpc) is 3.37. The molecule has 7 heteroatoms. The number of aromatic nitrogens is 2. The molecule has 0 fully saturated rings. The first-order valence-electron chi connectivity index (χ1n) is 11.5. The fourth-order valence-corrected chi connectivity index (χ4v) is 3.60. The molecule has 1 atom stereocenters. The molecule has 3 aromatic carbocycles. The van der Waals surface area contributed by atoms with Gasteiger partial charge in [0, 0.05) is 18.2 Å². The molecular weight excluding hydrogens is 442 g/mol. The van der Waals surface area contributed by atoms with E-state index in [0.29, 0.717) is 30.0 Å². The van der Waals surface area contributed by atoms with Crippen LogP contribution in [0.25, 0.3) is 5.69 Å². The van der Waals surface area contributed by atoms with E-state index in [-0.39, 0.29) is 6.42 Å². The summed E-state index contributed by atoms with van der Waals surface area (Å²) in [6.07, 6.45) is 3.08. The van der Waals surface area contributed by atoms with Gasteiger partial charge in [0.1, 0.15) is 5.75 Å². The lowest BCUT2D eigenvalue weighted by molar-refractivity contribution is -0.154. The molecule has 1 unspecified atom stereocenters. The van der Waals surface area contributed by atoms with E-state index in [4.69, 9.17) is 9.47 Å². The molecule has 1 amide bonds. The third-order valence-corrected chi connectivity index (χ3v) is 5.31. The van der Waals surface area contributed by atoms with E-state index in [1.54, 1.807) is 53.3 Å². The maximum Gasteiger partial charge on any atom is 0.307 e. The van der Waals surface area contributed by atoms with Crippen molar-refractivity contribution in [3.63, 3.8) is 0 Å². The Hall–Kier alpha value is -4.39. The smallest absolute Gasteiger partial charge is 0.307 e. The van der Waals surface area contributed by atoms with Crippen LogP contribution in [0.5, 0.6) is 5.75 Å². The number of carbonyl (C=O) groups is 2. The van der Waals surface area contributed by atoms with Crippen molar-refractivity contribution in [3.8, 4) is 11.4 Å². The standard InChI is InChI=1S/C28H27N3O4/c1-2-34-25-16-10-9-15-24(25)30-28(33)27(22-11-5-3-6-12-22)35-26(32)18-17-21-19-29-31(20-21)23-13-7-4-8-14-23/h3-16,19-20,27H,2,17-18H2,1H3,(H,30,33). The predicted molar refractivity (Wildman–Crippen MR) is 133 cm³/mol. The zero-order chi connectivity index (χ0) is 24.5. The Bertz CT molecular complexity index is 1260. The van der Waals surface area contributed by atoms with Gasteiger partial charge in [-0.05, 0) is 43.2 Å². The Balaban J connectivity index is 1.43. The second kappa shape index (κ2) is 11.7. The number of carbonyl (C=O) groups excluding carboxylic acids is 2. The van der Waals surface area contributed by atoms with E-state index < -0.39 is 18.0 Å². The molecule has 0 aliphatic heterocycles. The summed E-state index contributed by atoms with van der Waals surface area (Å²) in [6, 6.07) is 25.9. The molecular formula is C28H27N3O4. The highest BCUT2D eigenvalue weighted by Crippen LogP contribution is 2.27. The maximum absolute atomic E-state index is 13.2. The first-order valence-corrected chi connectivity index (χ1v) is 11.5. The Kier molecular flexibility index (Phi) is 7.91. The Morgan fingerprint density at radius 2 is 1.63 bits per heavy atom. The zero-order valence-electron chi connectivity index (χ0n) is 19.5. The van der Waals surface area contributed by atoms with Gasteiger partial charge in [-0.1, -0.05) is 60.7 Å². The summed E-state index contributed by atoms with van der Waals surface area (Å²) in [5, 5.41) is 7.20. The topological polar surface area (TPSA) is 82.4 Å². The van der Waals surface area contributed by atoms with Gasteiger partial charge < -0.3 is 14.8 Å². The minimum absolute atomic E-state index is 0.118. The van der Waals surface area contributed by atoms with Crippen molar-refractivity contribution in [1.29, 1.82) is 0 Å². The number of nitrogens with zero attached hydrogens (tertiary/aromatic N) is 2. The fourth-order valence-electron chi connectivity index (χ4n) is 3.60. The molecule has 0 saturated carbocycles. The van der Waals surface area contributed by atoms with Crippen molar-refractivity contribution >= 4 is 17.6 Å². The number of anilines is 1. The molecule has 0 radical (unpaired) electrons. The fraction of sp³-hybridized carbons (Fsp3) is 0.179. The highest BCUT2D eigenvalue weighted by molar-refractivity contribution is 5.97. The number of rotatable bonds is 10. The quantitative estimate of drug-likeness (QED) is 0.326. The van der Waals surface area contributed by atoms with Crippen molar-refractivity contribution in [2.45, 2.75) is 25.9 Å². The van der Waals surface area contributed by atoms with Gasteiger partial charge in [0.15, 0.2) is 0 Å². The van der Waals surface area contributed by atoms with Gasteiger partial charge in [-0.15, -0.1) is 0 Å². The van der Waals surface area contributed by atoms with Crippen LogP contribution >= 0.6 is 0 Å². The lowest BCUT2D eigenvalue weighted by Gasteiger charge is -2.19. The molecule has 4 rings (SSSR count). The van der Waals surface area contributed by atoms with Crippen molar-refractivity contribution in [3.05, 3.63) is 108 Å². The number of hydrogen-bond donors (Lipinski definition) is 1. The predicted octanol–water partition coefficient (Wildman–Crippen LogP) is 5.13. The van der Waals surface area contributed by atoms with Gasteiger partial charge in [-0.3, -0.25) is 9.59 Å². The average molecular weight is 470 g/mol. The van der Waals surface area contributed by atoms with E-state index in [0.717, 1.165) is 11.3 Å². The number of para-hydroxylation sites is 3. The van der Waals surface area contributed by atoms with Crippen LogP contribution in [-0.4, -0.2) is 28.3 Å². The monoisotopic (exact) mass is 469 g/mol. The molecule has 0 bridgehead atoms. The molecule has 35 heavy (non-hydrogen) atoms. The van der Waals surface area contributed by atoms with Gasteiger partial charge in [-0.25, -0.2) is 4.68 Å². The third-order valence-electron chi connectivity index (χ3n) is 5.31. The number of amides is 1. The van der Waals surface area contributed by atoms with Crippen molar-refractivity contribution in [1.82, 2.24) is 9.78 Å². The van der Waals surface area contributed by atoms with Gasteiger partial charge in [0.05, 0.1) is 24.2 Å². The minimum Gasteiger partial charge on any atom is -0.492 e. The van der Waals surface area contributed by atoms with E-state index in [1.165, 1.54) is 0 Å². The lowest BCUT2D eigenvalue weighted by Crippen LogP contribution is -2.26. The summed E-state index contributed by atoms with van der Waals surface area (Å²) in [5.41, 5.74) is 2.94. The molecule has 0 aliphatic rings. The molecule has 0 saturated heterocycles. The Morgan fingerprint density at radius 3 is 2.37 bits per heavy atom. The molecule has 7 nitrogen and oxygen atoms in total. The Morgan fingerprint density at radius 1 is 0.943 bits per heavy atom. The van der Waals surface area contributed by atoms with E-state index in [2.05, 4.69) is 10.4 Å².